The van der Waals surface area contributed by atoms with Crippen LogP contribution in [0.1, 0.15) is 36.7 Å². The zero-order valence-electron chi connectivity index (χ0n) is 19.6. The van der Waals surface area contributed by atoms with E-state index >= 15 is 0 Å². The maximum Gasteiger partial charge on any atom is 0.337 e. The summed E-state index contributed by atoms with van der Waals surface area (Å²) in [6, 6.07) is 12.8. The number of benzene rings is 2. The number of aliphatic imine (C=N–C) groups is 1. The second kappa shape index (κ2) is 11.0. The molecular formula is C25H29N3O4S. The Hall–Kier alpha value is -3.26. The first kappa shape index (κ1) is 24.4. The van der Waals surface area contributed by atoms with Crippen molar-refractivity contribution in [2.45, 2.75) is 20.8 Å². The molecule has 1 amide bonds. The van der Waals surface area contributed by atoms with Crippen LogP contribution in [-0.2, 0) is 9.53 Å². The molecule has 1 fully saturated rings. The van der Waals surface area contributed by atoms with E-state index in [-0.39, 0.29) is 5.91 Å². The molecule has 0 aliphatic carbocycles. The highest BCUT2D eigenvalue weighted by molar-refractivity contribution is 8.18. The molecule has 0 saturated carbocycles. The lowest BCUT2D eigenvalue weighted by atomic mass is 10.1. The smallest absolute Gasteiger partial charge is 0.337 e. The lowest BCUT2D eigenvalue weighted by Crippen LogP contribution is -2.23. The number of likely N-dealkylation sites (N-methyl/N-ethyl adjacent to an activating group) is 1. The van der Waals surface area contributed by atoms with E-state index in [2.05, 4.69) is 23.7 Å². The minimum absolute atomic E-state index is 0.125. The Kier molecular flexibility index (Phi) is 8.16. The summed E-state index contributed by atoms with van der Waals surface area (Å²) in [4.78, 5) is 33.4. The second-order valence-corrected chi connectivity index (χ2v) is 8.24. The first-order chi connectivity index (χ1) is 15.9. The number of amidine groups is 1. The van der Waals surface area contributed by atoms with Crippen molar-refractivity contribution < 1.29 is 19.1 Å². The Morgan fingerprint density at radius 1 is 1.12 bits per heavy atom. The van der Waals surface area contributed by atoms with Crippen LogP contribution in [0.3, 0.4) is 0 Å². The van der Waals surface area contributed by atoms with E-state index in [1.807, 2.05) is 31.2 Å². The maximum atomic E-state index is 12.9. The van der Waals surface area contributed by atoms with Gasteiger partial charge in [0.05, 0.1) is 29.9 Å². The predicted octanol–water partition coefficient (Wildman–Crippen LogP) is 4.95. The van der Waals surface area contributed by atoms with Crippen molar-refractivity contribution in [3.63, 3.8) is 0 Å². The highest BCUT2D eigenvalue weighted by atomic mass is 32.2. The third kappa shape index (κ3) is 5.57. The molecule has 1 heterocycles. The number of carbonyl (C=O) groups is 2. The summed E-state index contributed by atoms with van der Waals surface area (Å²) < 4.78 is 10.6. The van der Waals surface area contributed by atoms with Crippen molar-refractivity contribution in [1.82, 2.24) is 4.90 Å². The standard InChI is InChI=1S/C25H29N3O4S/c1-6-28(7-2)20-14-11-18(21(16-20)32-8-3)15-22-23(29)27(4)25(33-22)26-19-12-9-17(10-13-19)24(30)31-5/h9-16H,6-8H2,1-5H3. The molecule has 33 heavy (non-hydrogen) atoms. The highest BCUT2D eigenvalue weighted by Gasteiger charge is 2.30. The summed E-state index contributed by atoms with van der Waals surface area (Å²) in [7, 11) is 3.04. The fourth-order valence-corrected chi connectivity index (χ4v) is 4.38. The Labute approximate surface area is 199 Å². The Morgan fingerprint density at radius 2 is 1.82 bits per heavy atom. The Morgan fingerprint density at radius 3 is 2.42 bits per heavy atom. The third-order valence-electron chi connectivity index (χ3n) is 5.23. The number of hydrogen-bond acceptors (Lipinski definition) is 7. The monoisotopic (exact) mass is 467 g/mol. The van der Waals surface area contributed by atoms with Crippen molar-refractivity contribution in [2.24, 2.45) is 4.99 Å². The molecule has 0 unspecified atom stereocenters. The van der Waals surface area contributed by atoms with Crippen LogP contribution in [0.25, 0.3) is 6.08 Å². The number of amides is 1. The first-order valence-electron chi connectivity index (χ1n) is 10.9. The van der Waals surface area contributed by atoms with Gasteiger partial charge in [-0.25, -0.2) is 9.79 Å². The molecular weight excluding hydrogens is 438 g/mol. The van der Waals surface area contributed by atoms with Gasteiger partial charge in [-0.15, -0.1) is 0 Å². The van der Waals surface area contributed by atoms with Crippen LogP contribution in [0.2, 0.25) is 0 Å². The summed E-state index contributed by atoms with van der Waals surface area (Å²) in [5, 5.41) is 0.565. The SMILES string of the molecule is CCOc1cc(N(CC)CC)ccc1C=C1SC(=Nc2ccc(C(=O)OC)cc2)N(C)C1=O. The van der Waals surface area contributed by atoms with E-state index in [9.17, 15) is 9.59 Å². The molecule has 8 heteroatoms. The minimum atomic E-state index is -0.404. The minimum Gasteiger partial charge on any atom is -0.493 e. The van der Waals surface area contributed by atoms with Gasteiger partial charge in [0, 0.05) is 37.5 Å². The summed E-state index contributed by atoms with van der Waals surface area (Å²) in [5.74, 6) is 0.216. The number of ether oxygens (including phenoxy) is 2. The molecule has 1 aliphatic heterocycles. The molecule has 0 atom stereocenters. The lowest BCUT2D eigenvalue weighted by molar-refractivity contribution is -0.121. The molecule has 2 aromatic rings. The highest BCUT2D eigenvalue weighted by Crippen LogP contribution is 2.36. The molecule has 0 bridgehead atoms. The van der Waals surface area contributed by atoms with Crippen molar-refractivity contribution >= 4 is 46.3 Å². The number of thioether (sulfide) groups is 1. The molecule has 2 aromatic carbocycles. The van der Waals surface area contributed by atoms with E-state index in [1.165, 1.54) is 23.8 Å². The van der Waals surface area contributed by atoms with Crippen molar-refractivity contribution in [2.75, 3.05) is 38.8 Å². The summed E-state index contributed by atoms with van der Waals surface area (Å²) in [6.45, 7) is 8.53. The van der Waals surface area contributed by atoms with Crippen LogP contribution in [0.15, 0.2) is 52.4 Å². The Balaban J connectivity index is 1.88. The maximum absolute atomic E-state index is 12.9. The molecule has 3 rings (SSSR count). The van der Waals surface area contributed by atoms with Crippen LogP contribution in [-0.4, -0.2) is 55.8 Å². The topological polar surface area (TPSA) is 71.4 Å². The number of hydrogen-bond donors (Lipinski definition) is 0. The zero-order chi connectivity index (χ0) is 24.0. The van der Waals surface area contributed by atoms with E-state index < -0.39 is 5.97 Å². The van der Waals surface area contributed by atoms with Gasteiger partial charge in [-0.2, -0.15) is 0 Å². The summed E-state index contributed by atoms with van der Waals surface area (Å²) >= 11 is 1.31. The average molecular weight is 468 g/mol. The normalized spacial score (nSPS) is 15.9. The van der Waals surface area contributed by atoms with Crippen LogP contribution in [0, 0.1) is 0 Å². The van der Waals surface area contributed by atoms with Crippen molar-refractivity contribution in [1.29, 1.82) is 0 Å². The Bertz CT molecular complexity index is 1080. The molecule has 0 N–H and O–H groups in total. The van der Waals surface area contributed by atoms with Gasteiger partial charge in [0.2, 0.25) is 0 Å². The largest absolute Gasteiger partial charge is 0.493 e. The van der Waals surface area contributed by atoms with Gasteiger partial charge in [-0.1, -0.05) is 0 Å². The molecule has 7 nitrogen and oxygen atoms in total. The summed E-state index contributed by atoms with van der Waals surface area (Å²) in [5.41, 5.74) is 3.03. The lowest BCUT2D eigenvalue weighted by Gasteiger charge is -2.22. The quantitative estimate of drug-likeness (QED) is 0.404. The van der Waals surface area contributed by atoms with E-state index in [0.717, 1.165) is 30.1 Å². The molecule has 1 aliphatic rings. The van der Waals surface area contributed by atoms with Gasteiger partial charge in [-0.3, -0.25) is 9.69 Å². The van der Waals surface area contributed by atoms with Crippen molar-refractivity contribution in [3.8, 4) is 5.75 Å². The molecule has 1 saturated heterocycles. The van der Waals surface area contributed by atoms with Gasteiger partial charge in [0.1, 0.15) is 5.75 Å². The van der Waals surface area contributed by atoms with Crippen molar-refractivity contribution in [3.05, 3.63) is 58.5 Å². The third-order valence-corrected chi connectivity index (χ3v) is 6.29. The molecule has 0 radical (unpaired) electrons. The molecule has 0 spiro atoms. The summed E-state index contributed by atoms with van der Waals surface area (Å²) in [6.07, 6.45) is 1.85. The first-order valence-corrected chi connectivity index (χ1v) is 11.7. The van der Waals surface area contributed by atoms with E-state index in [4.69, 9.17) is 9.47 Å². The number of methoxy groups -OCH3 is 1. The van der Waals surface area contributed by atoms with Gasteiger partial charge >= 0.3 is 5.97 Å². The number of carbonyl (C=O) groups excluding carboxylic acids is 2. The van der Waals surface area contributed by atoms with Gasteiger partial charge < -0.3 is 14.4 Å². The van der Waals surface area contributed by atoms with Crippen LogP contribution >= 0.6 is 11.8 Å². The van der Waals surface area contributed by atoms with E-state index in [1.54, 1.807) is 31.3 Å². The number of nitrogens with zero attached hydrogens (tertiary/aromatic N) is 3. The predicted molar refractivity (Wildman–Crippen MR) is 134 cm³/mol. The molecule has 0 aromatic heterocycles. The number of anilines is 1. The fraction of sp³-hybridized carbons (Fsp3) is 0.320. The van der Waals surface area contributed by atoms with Gasteiger partial charge in [0.15, 0.2) is 5.17 Å². The average Bonchev–Trinajstić information content (AvgIpc) is 3.09. The second-order valence-electron chi connectivity index (χ2n) is 7.24. The number of rotatable bonds is 8. The van der Waals surface area contributed by atoms with Gasteiger partial charge in [0.25, 0.3) is 5.91 Å². The fourth-order valence-electron chi connectivity index (χ4n) is 3.40. The van der Waals surface area contributed by atoms with Gasteiger partial charge in [-0.05, 0) is 75.0 Å². The zero-order valence-corrected chi connectivity index (χ0v) is 20.4. The van der Waals surface area contributed by atoms with Crippen LogP contribution in [0.5, 0.6) is 5.75 Å². The molecule has 174 valence electrons. The number of esters is 1. The van der Waals surface area contributed by atoms with Crippen LogP contribution < -0.4 is 9.64 Å². The van der Waals surface area contributed by atoms with E-state index in [0.29, 0.717) is 27.9 Å². The van der Waals surface area contributed by atoms with Crippen LogP contribution in [0.4, 0.5) is 11.4 Å².